The molecule has 0 spiro atoms. The summed E-state index contributed by atoms with van der Waals surface area (Å²) >= 11 is 0. The van der Waals surface area contributed by atoms with Gasteiger partial charge >= 0.3 is 5.97 Å². The van der Waals surface area contributed by atoms with Crippen LogP contribution in [0.3, 0.4) is 0 Å². The molecule has 7 heteroatoms. The topological polar surface area (TPSA) is 107 Å². The van der Waals surface area contributed by atoms with Crippen LogP contribution in [0.2, 0.25) is 0 Å². The van der Waals surface area contributed by atoms with Gasteiger partial charge in [-0.05, 0) is 50.3 Å². The lowest BCUT2D eigenvalue weighted by atomic mass is 9.94. The van der Waals surface area contributed by atoms with E-state index in [1.807, 2.05) is 44.3 Å². The zero-order valence-corrected chi connectivity index (χ0v) is 19.3. The number of hydrogen-bond donors (Lipinski definition) is 2. The Balaban J connectivity index is 2.15. The number of nitrogens with zero attached hydrogens (tertiary/aromatic N) is 3. The Morgan fingerprint density at radius 1 is 1.34 bits per heavy atom. The maximum atomic E-state index is 12.6. The van der Waals surface area contributed by atoms with Crippen molar-refractivity contribution in [2.75, 3.05) is 24.6 Å². The van der Waals surface area contributed by atoms with Crippen LogP contribution in [0.1, 0.15) is 55.2 Å². The van der Waals surface area contributed by atoms with Crippen LogP contribution in [0, 0.1) is 35.5 Å². The number of carbonyl (C=O) groups is 1. The second-order valence-electron chi connectivity index (χ2n) is 8.52. The van der Waals surface area contributed by atoms with Gasteiger partial charge in [0.2, 0.25) is 5.82 Å². The number of anilines is 1. The van der Waals surface area contributed by atoms with Crippen molar-refractivity contribution >= 4 is 28.9 Å². The highest BCUT2D eigenvalue weighted by Crippen LogP contribution is 2.32. The molecule has 0 saturated carbocycles. The minimum Gasteiger partial charge on any atom is -0.461 e. The fourth-order valence-electron chi connectivity index (χ4n) is 3.95. The average Bonchev–Trinajstić information content (AvgIpc) is 2.78. The third-order valence-electron chi connectivity index (χ3n) is 5.72. The fourth-order valence-corrected chi connectivity index (χ4v) is 3.95. The van der Waals surface area contributed by atoms with E-state index in [0.29, 0.717) is 24.6 Å². The van der Waals surface area contributed by atoms with Crippen molar-refractivity contribution < 1.29 is 14.8 Å². The zero-order valence-electron chi connectivity index (χ0n) is 19.3. The van der Waals surface area contributed by atoms with Gasteiger partial charge in [-0.1, -0.05) is 26.0 Å². The van der Waals surface area contributed by atoms with E-state index in [2.05, 4.69) is 22.0 Å². The molecule has 168 valence electrons. The normalized spacial score (nSPS) is 14.3. The molecule has 0 radical (unpaired) electrons. The van der Waals surface area contributed by atoms with Crippen molar-refractivity contribution in [2.45, 2.75) is 40.5 Å². The number of benzene rings is 1. The summed E-state index contributed by atoms with van der Waals surface area (Å²) in [4.78, 5) is 19.5. The summed E-state index contributed by atoms with van der Waals surface area (Å²) in [5.74, 6) is 0.161. The number of nitrogens with one attached hydrogen (secondary N) is 1. The van der Waals surface area contributed by atoms with E-state index in [1.54, 1.807) is 13.0 Å². The molecule has 0 unspecified atom stereocenters. The van der Waals surface area contributed by atoms with Crippen molar-refractivity contribution in [3.05, 3.63) is 47.2 Å². The third kappa shape index (κ3) is 5.32. The van der Waals surface area contributed by atoms with Crippen LogP contribution in [-0.2, 0) is 4.74 Å². The molecule has 0 amide bonds. The lowest BCUT2D eigenvalue weighted by Gasteiger charge is -2.33. The molecule has 1 saturated heterocycles. The van der Waals surface area contributed by atoms with Gasteiger partial charge in [-0.15, -0.1) is 0 Å². The highest BCUT2D eigenvalue weighted by Gasteiger charge is 2.29. The summed E-state index contributed by atoms with van der Waals surface area (Å²) in [7, 11) is 0. The molecule has 2 aromatic rings. The van der Waals surface area contributed by atoms with Crippen molar-refractivity contribution in [1.29, 1.82) is 10.7 Å². The number of nitrogens with two attached hydrogens (primary N) is 1. The van der Waals surface area contributed by atoms with Crippen LogP contribution in [0.15, 0.2) is 30.3 Å². The molecular weight excluding hydrogens is 402 g/mol. The second kappa shape index (κ2) is 10.4. The van der Waals surface area contributed by atoms with E-state index in [9.17, 15) is 10.1 Å². The molecule has 3 rings (SSSR count). The monoisotopic (exact) mass is 434 g/mol. The largest absolute Gasteiger partial charge is 0.461 e. The first-order valence-electron chi connectivity index (χ1n) is 11.2. The third-order valence-corrected chi connectivity index (χ3v) is 5.72. The fraction of sp³-hybridized carbons (Fsp3) is 0.440. The van der Waals surface area contributed by atoms with Crippen molar-refractivity contribution in [3.8, 4) is 6.07 Å². The molecule has 1 aromatic heterocycles. The van der Waals surface area contributed by atoms with Gasteiger partial charge in [-0.2, -0.15) is 10.2 Å². The average molecular weight is 435 g/mol. The number of pyridine rings is 1. The molecule has 1 aromatic carbocycles. The van der Waals surface area contributed by atoms with Gasteiger partial charge in [-0.3, -0.25) is 5.32 Å². The number of rotatable bonds is 7. The summed E-state index contributed by atoms with van der Waals surface area (Å²) in [6.07, 6.45) is 1.53. The van der Waals surface area contributed by atoms with Gasteiger partial charge in [0, 0.05) is 25.1 Å². The Bertz CT molecular complexity index is 1030. The van der Waals surface area contributed by atoms with Crippen molar-refractivity contribution in [3.63, 3.8) is 0 Å². The van der Waals surface area contributed by atoms with Crippen LogP contribution in [0.4, 0.5) is 17.2 Å². The predicted octanol–water partition coefficient (Wildman–Crippen LogP) is 3.86. The highest BCUT2D eigenvalue weighted by molar-refractivity contribution is 6.08. The number of carbonyl (C=O) groups excluding carboxylic acids is 1. The van der Waals surface area contributed by atoms with E-state index in [-0.39, 0.29) is 24.1 Å². The van der Waals surface area contributed by atoms with Crippen molar-refractivity contribution in [2.24, 2.45) is 11.8 Å². The van der Waals surface area contributed by atoms with E-state index in [0.717, 1.165) is 35.3 Å². The minimum atomic E-state index is -0.470. The Kier molecular flexibility index (Phi) is 7.60. The molecule has 3 N–H and O–H groups in total. The number of ether oxygens (including phenoxy) is 1. The van der Waals surface area contributed by atoms with Gasteiger partial charge in [-0.25, -0.2) is 4.79 Å². The van der Waals surface area contributed by atoms with Crippen LogP contribution >= 0.6 is 0 Å². The maximum Gasteiger partial charge on any atom is 0.357 e. The molecular formula is C25H32N5O2+. The van der Waals surface area contributed by atoms with E-state index in [1.165, 1.54) is 0 Å². The first-order chi connectivity index (χ1) is 15.3. The van der Waals surface area contributed by atoms with Gasteiger partial charge in [0.15, 0.2) is 5.69 Å². The lowest BCUT2D eigenvalue weighted by Crippen LogP contribution is -2.72. The SMILES string of the molecule is CCOC(=O)c1cc(N2CCC(C#N)CC2)c(C(=N)C(C)C)c([NH2+]c2cccc(C)c2)n1. The van der Waals surface area contributed by atoms with E-state index in [4.69, 9.17) is 10.1 Å². The molecule has 7 nitrogen and oxygen atoms in total. The molecule has 0 aliphatic carbocycles. The van der Waals surface area contributed by atoms with Gasteiger partial charge in [0.25, 0.3) is 0 Å². The molecule has 0 atom stereocenters. The smallest absolute Gasteiger partial charge is 0.357 e. The summed E-state index contributed by atoms with van der Waals surface area (Å²) < 4.78 is 5.25. The molecule has 1 aliphatic heterocycles. The maximum absolute atomic E-state index is 12.6. The van der Waals surface area contributed by atoms with Crippen LogP contribution in [0.5, 0.6) is 0 Å². The molecule has 0 bridgehead atoms. The Labute approximate surface area is 189 Å². The van der Waals surface area contributed by atoms with Crippen molar-refractivity contribution in [1.82, 2.24) is 4.98 Å². The summed E-state index contributed by atoms with van der Waals surface area (Å²) in [6, 6.07) is 12.2. The lowest BCUT2D eigenvalue weighted by molar-refractivity contribution is -0.483. The van der Waals surface area contributed by atoms with Gasteiger partial charge in [0.1, 0.15) is 11.3 Å². The van der Waals surface area contributed by atoms with Crippen LogP contribution < -0.4 is 10.2 Å². The molecule has 1 fully saturated rings. The number of quaternary nitrogens is 1. The highest BCUT2D eigenvalue weighted by atomic mass is 16.5. The summed E-state index contributed by atoms with van der Waals surface area (Å²) in [6.45, 7) is 9.45. The summed E-state index contributed by atoms with van der Waals surface area (Å²) in [5, 5.41) is 20.1. The standard InChI is InChI=1S/C25H31N5O2/c1-5-32-25(31)20-14-21(30-11-9-18(15-26)10-12-30)22(23(27)16(2)3)24(29-20)28-19-8-6-7-17(4)13-19/h6-8,13-14,16,18,27H,5,9-12H2,1-4H3,(H,28,29)/p+1. The predicted molar refractivity (Wildman–Crippen MR) is 125 cm³/mol. The quantitative estimate of drug-likeness (QED) is 0.391. The number of esters is 1. The molecule has 32 heavy (non-hydrogen) atoms. The summed E-state index contributed by atoms with van der Waals surface area (Å²) in [5.41, 5.74) is 4.36. The van der Waals surface area contributed by atoms with Crippen LogP contribution in [0.25, 0.3) is 0 Å². The number of nitriles is 1. The number of hydrogen-bond acceptors (Lipinski definition) is 6. The number of piperidine rings is 1. The van der Waals surface area contributed by atoms with E-state index < -0.39 is 5.97 Å². The first-order valence-corrected chi connectivity index (χ1v) is 11.2. The number of aryl methyl sites for hydroxylation is 1. The molecule has 2 heterocycles. The van der Waals surface area contributed by atoms with Gasteiger partial charge < -0.3 is 15.0 Å². The Morgan fingerprint density at radius 3 is 2.66 bits per heavy atom. The first kappa shape index (κ1) is 23.4. The van der Waals surface area contributed by atoms with Crippen LogP contribution in [-0.4, -0.2) is 36.4 Å². The number of aromatic nitrogens is 1. The van der Waals surface area contributed by atoms with E-state index >= 15 is 0 Å². The second-order valence-corrected chi connectivity index (χ2v) is 8.52. The Hall–Kier alpha value is -3.24. The Morgan fingerprint density at radius 2 is 2.06 bits per heavy atom. The molecule has 1 aliphatic rings. The van der Waals surface area contributed by atoms with Gasteiger partial charge in [0.05, 0.1) is 24.1 Å². The zero-order chi connectivity index (χ0) is 23.3. The minimum absolute atomic E-state index is 0.00898.